The van der Waals surface area contributed by atoms with Gasteiger partial charge in [0.1, 0.15) is 5.56 Å². The number of hydrogen-bond donors (Lipinski definition) is 1. The van der Waals surface area contributed by atoms with Gasteiger partial charge in [-0.1, -0.05) is 6.92 Å². The molecule has 0 fully saturated rings. The number of carbonyl (C=O) groups excluding carboxylic acids is 1. The van der Waals surface area contributed by atoms with Crippen LogP contribution in [0.3, 0.4) is 0 Å². The Morgan fingerprint density at radius 3 is 2.84 bits per heavy atom. The lowest BCUT2D eigenvalue weighted by molar-refractivity contribution is 0.0937. The molecular weight excluding hydrogens is 262 g/mol. The molecule has 2 rings (SSSR count). The summed E-state index contributed by atoms with van der Waals surface area (Å²) in [4.78, 5) is 30.2. The van der Waals surface area contributed by atoms with Crippen LogP contribution in [-0.2, 0) is 0 Å². The van der Waals surface area contributed by atoms with Gasteiger partial charge in [0.05, 0.1) is 0 Å². The fraction of sp³-hybridized carbons (Fsp3) is 0.462. The normalized spacial score (nSPS) is 12.6. The van der Waals surface area contributed by atoms with Gasteiger partial charge in [0.2, 0.25) is 0 Å². The van der Waals surface area contributed by atoms with Gasteiger partial charge in [-0.3, -0.25) is 14.0 Å². The quantitative estimate of drug-likeness (QED) is 0.933. The minimum atomic E-state index is -0.357. The molecule has 0 spiro atoms. The van der Waals surface area contributed by atoms with Crippen LogP contribution in [0, 0.1) is 13.8 Å². The Bertz CT molecular complexity index is 687. The standard InChI is InChI=1S/C13H17N3O2S/c1-5-7(2)15-11(17)10-6-14-13-16(12(10)18)8(3)9(4)19-13/h6-7H,5H2,1-4H3,(H,15,17)/t7-/m0/s1. The molecule has 5 nitrogen and oxygen atoms in total. The van der Waals surface area contributed by atoms with Crippen molar-refractivity contribution in [3.05, 3.63) is 32.7 Å². The summed E-state index contributed by atoms with van der Waals surface area (Å²) in [5, 5.41) is 2.79. The first-order valence-corrected chi connectivity index (χ1v) is 7.06. The van der Waals surface area contributed by atoms with Crippen molar-refractivity contribution in [3.63, 3.8) is 0 Å². The monoisotopic (exact) mass is 279 g/mol. The van der Waals surface area contributed by atoms with E-state index in [1.54, 1.807) is 0 Å². The van der Waals surface area contributed by atoms with E-state index in [1.165, 1.54) is 21.9 Å². The van der Waals surface area contributed by atoms with E-state index < -0.39 is 0 Å². The number of rotatable bonds is 3. The Hall–Kier alpha value is -1.69. The van der Waals surface area contributed by atoms with E-state index in [0.717, 1.165) is 17.0 Å². The molecule has 0 aliphatic heterocycles. The molecule has 0 aliphatic carbocycles. The van der Waals surface area contributed by atoms with E-state index in [0.29, 0.717) is 4.96 Å². The molecule has 2 heterocycles. The van der Waals surface area contributed by atoms with Gasteiger partial charge in [-0.05, 0) is 27.2 Å². The number of hydrogen-bond acceptors (Lipinski definition) is 4. The molecule has 2 aromatic rings. The van der Waals surface area contributed by atoms with Crippen molar-refractivity contribution >= 4 is 22.2 Å². The van der Waals surface area contributed by atoms with E-state index in [1.807, 2.05) is 27.7 Å². The molecule has 19 heavy (non-hydrogen) atoms. The van der Waals surface area contributed by atoms with Crippen LogP contribution in [0.15, 0.2) is 11.0 Å². The fourth-order valence-electron chi connectivity index (χ4n) is 1.74. The lowest BCUT2D eigenvalue weighted by atomic mass is 10.2. The summed E-state index contributed by atoms with van der Waals surface area (Å²) in [5.74, 6) is -0.357. The highest BCUT2D eigenvalue weighted by atomic mass is 32.1. The first kappa shape index (κ1) is 13.7. The second-order valence-corrected chi connectivity index (χ2v) is 5.80. The maximum absolute atomic E-state index is 12.3. The van der Waals surface area contributed by atoms with Gasteiger partial charge < -0.3 is 5.32 Å². The van der Waals surface area contributed by atoms with Crippen molar-refractivity contribution in [2.24, 2.45) is 0 Å². The Kier molecular flexibility index (Phi) is 3.71. The van der Waals surface area contributed by atoms with E-state index in [-0.39, 0.29) is 23.1 Å². The molecule has 6 heteroatoms. The van der Waals surface area contributed by atoms with Gasteiger partial charge in [-0.25, -0.2) is 4.98 Å². The molecule has 0 saturated carbocycles. The number of fused-ring (bicyclic) bond motifs is 1. The summed E-state index contributed by atoms with van der Waals surface area (Å²) in [7, 11) is 0. The predicted octanol–water partition coefficient (Wildman–Crippen LogP) is 1.90. The van der Waals surface area contributed by atoms with Gasteiger partial charge in [0, 0.05) is 22.8 Å². The summed E-state index contributed by atoms with van der Waals surface area (Å²) < 4.78 is 1.51. The minimum Gasteiger partial charge on any atom is -0.349 e. The first-order valence-electron chi connectivity index (χ1n) is 6.24. The van der Waals surface area contributed by atoms with Gasteiger partial charge >= 0.3 is 0 Å². The van der Waals surface area contributed by atoms with E-state index in [4.69, 9.17) is 0 Å². The summed E-state index contributed by atoms with van der Waals surface area (Å²) >= 11 is 1.45. The third kappa shape index (κ3) is 2.40. The van der Waals surface area contributed by atoms with Gasteiger partial charge in [-0.2, -0.15) is 0 Å². The van der Waals surface area contributed by atoms with Crippen LogP contribution in [0.4, 0.5) is 0 Å². The molecule has 102 valence electrons. The van der Waals surface area contributed by atoms with E-state index in [2.05, 4.69) is 10.3 Å². The Morgan fingerprint density at radius 2 is 2.21 bits per heavy atom. The average molecular weight is 279 g/mol. The number of nitrogens with one attached hydrogen (secondary N) is 1. The molecule has 1 amide bonds. The molecular formula is C13H17N3O2S. The Morgan fingerprint density at radius 1 is 1.53 bits per heavy atom. The molecule has 0 saturated heterocycles. The number of aromatic nitrogens is 2. The minimum absolute atomic E-state index is 0.0397. The zero-order valence-electron chi connectivity index (χ0n) is 11.5. The largest absolute Gasteiger partial charge is 0.349 e. The third-order valence-corrected chi connectivity index (χ3v) is 4.32. The molecule has 0 radical (unpaired) electrons. The maximum Gasteiger partial charge on any atom is 0.271 e. The highest BCUT2D eigenvalue weighted by Crippen LogP contribution is 2.18. The summed E-state index contributed by atoms with van der Waals surface area (Å²) in [6.07, 6.45) is 2.18. The predicted molar refractivity (Wildman–Crippen MR) is 76.0 cm³/mol. The molecule has 0 aliphatic rings. The van der Waals surface area contributed by atoms with Gasteiger partial charge in [-0.15, -0.1) is 11.3 Å². The highest BCUT2D eigenvalue weighted by Gasteiger charge is 2.17. The molecule has 1 N–H and O–H groups in total. The number of amides is 1. The molecule has 0 unspecified atom stereocenters. The zero-order valence-corrected chi connectivity index (χ0v) is 12.3. The Labute approximate surface area is 115 Å². The third-order valence-electron chi connectivity index (χ3n) is 3.25. The number of carbonyl (C=O) groups is 1. The average Bonchev–Trinajstić information content (AvgIpc) is 2.66. The second-order valence-electron chi connectivity index (χ2n) is 4.62. The van der Waals surface area contributed by atoms with Crippen LogP contribution in [0.25, 0.3) is 4.96 Å². The van der Waals surface area contributed by atoms with Crippen molar-refractivity contribution in [2.45, 2.75) is 40.2 Å². The lowest BCUT2D eigenvalue weighted by Gasteiger charge is -2.10. The van der Waals surface area contributed by atoms with Crippen molar-refractivity contribution < 1.29 is 4.79 Å². The second kappa shape index (κ2) is 5.13. The van der Waals surface area contributed by atoms with Crippen LogP contribution in [-0.4, -0.2) is 21.3 Å². The summed E-state index contributed by atoms with van der Waals surface area (Å²) in [6, 6.07) is 0.0397. The number of aryl methyl sites for hydroxylation is 2. The topological polar surface area (TPSA) is 63.5 Å². The van der Waals surface area contributed by atoms with Crippen LogP contribution >= 0.6 is 11.3 Å². The van der Waals surface area contributed by atoms with Crippen LogP contribution in [0.5, 0.6) is 0 Å². The number of nitrogens with zero attached hydrogens (tertiary/aromatic N) is 2. The van der Waals surface area contributed by atoms with E-state index >= 15 is 0 Å². The van der Waals surface area contributed by atoms with Crippen molar-refractivity contribution in [2.75, 3.05) is 0 Å². The number of thiazole rings is 1. The molecule has 2 aromatic heterocycles. The molecule has 0 aromatic carbocycles. The van der Waals surface area contributed by atoms with Crippen molar-refractivity contribution in [3.8, 4) is 0 Å². The smallest absolute Gasteiger partial charge is 0.271 e. The van der Waals surface area contributed by atoms with Gasteiger partial charge in [0.25, 0.3) is 11.5 Å². The van der Waals surface area contributed by atoms with Crippen LogP contribution in [0.2, 0.25) is 0 Å². The first-order chi connectivity index (χ1) is 8.95. The van der Waals surface area contributed by atoms with Gasteiger partial charge in [0.15, 0.2) is 4.96 Å². The molecule has 1 atom stereocenters. The van der Waals surface area contributed by atoms with Crippen LogP contribution in [0.1, 0.15) is 41.2 Å². The Balaban J connectivity index is 2.51. The lowest BCUT2D eigenvalue weighted by Crippen LogP contribution is -2.36. The van der Waals surface area contributed by atoms with Crippen molar-refractivity contribution in [1.82, 2.24) is 14.7 Å². The SMILES string of the molecule is CC[C@H](C)NC(=O)c1cnc2sc(C)c(C)n2c1=O. The fourth-order valence-corrected chi connectivity index (χ4v) is 2.66. The summed E-state index contributed by atoms with van der Waals surface area (Å²) in [5.41, 5.74) is 0.641. The van der Waals surface area contributed by atoms with Crippen LogP contribution < -0.4 is 10.9 Å². The highest BCUT2D eigenvalue weighted by molar-refractivity contribution is 7.17. The molecule has 0 bridgehead atoms. The van der Waals surface area contributed by atoms with Crippen molar-refractivity contribution in [1.29, 1.82) is 0 Å². The maximum atomic E-state index is 12.3. The summed E-state index contributed by atoms with van der Waals surface area (Å²) in [6.45, 7) is 7.68. The van der Waals surface area contributed by atoms with E-state index in [9.17, 15) is 9.59 Å². The zero-order chi connectivity index (χ0) is 14.2.